The van der Waals surface area contributed by atoms with Crippen LogP contribution < -0.4 is 0 Å². The first kappa shape index (κ1) is 15.3. The lowest BCUT2D eigenvalue weighted by Crippen LogP contribution is -2.14. The van der Waals surface area contributed by atoms with Crippen molar-refractivity contribution >= 4 is 17.7 Å². The molecule has 3 nitrogen and oxygen atoms in total. The average molecular weight is 298 g/mol. The maximum atomic E-state index is 13.6. The Morgan fingerprint density at radius 2 is 2.10 bits per heavy atom. The Kier molecular flexibility index (Phi) is 5.43. The van der Waals surface area contributed by atoms with Crippen LogP contribution in [-0.4, -0.2) is 28.0 Å². The van der Waals surface area contributed by atoms with Crippen molar-refractivity contribution in [1.82, 2.24) is 0 Å². The zero-order valence-electron chi connectivity index (χ0n) is 11.2. The lowest BCUT2D eigenvalue weighted by Gasteiger charge is -2.15. The first-order chi connectivity index (χ1) is 9.56. The molecule has 0 bridgehead atoms. The van der Waals surface area contributed by atoms with Crippen molar-refractivity contribution in [2.45, 2.75) is 43.1 Å². The van der Waals surface area contributed by atoms with Crippen LogP contribution in [0.4, 0.5) is 4.39 Å². The van der Waals surface area contributed by atoms with Crippen LogP contribution >= 0.6 is 11.8 Å². The molecule has 1 unspecified atom stereocenters. The Labute approximate surface area is 122 Å². The van der Waals surface area contributed by atoms with E-state index in [1.165, 1.54) is 49.6 Å². The largest absolute Gasteiger partial charge is 0.478 e. The number of aliphatic hydroxyl groups is 1. The average Bonchev–Trinajstić information content (AvgIpc) is 2.90. The SMILES string of the molecule is O=C(O)c1ccc(F)c(SCC(O)CC2CCCC2)c1. The molecule has 1 aliphatic rings. The molecule has 2 N–H and O–H groups in total. The minimum absolute atomic E-state index is 0.0687. The molecular formula is C15H19FO3S. The summed E-state index contributed by atoms with van der Waals surface area (Å²) in [6, 6.07) is 3.73. The van der Waals surface area contributed by atoms with Gasteiger partial charge in [-0.25, -0.2) is 9.18 Å². The molecule has 0 spiro atoms. The van der Waals surface area contributed by atoms with Crippen LogP contribution in [0.2, 0.25) is 0 Å². The van der Waals surface area contributed by atoms with Gasteiger partial charge in [0.05, 0.1) is 11.7 Å². The monoisotopic (exact) mass is 298 g/mol. The predicted octanol–water partition coefficient (Wildman–Crippen LogP) is 3.56. The van der Waals surface area contributed by atoms with Crippen LogP contribution in [0.5, 0.6) is 0 Å². The lowest BCUT2D eigenvalue weighted by atomic mass is 10.0. The Bertz CT molecular complexity index is 472. The van der Waals surface area contributed by atoms with Crippen LogP contribution in [0.15, 0.2) is 23.1 Å². The van der Waals surface area contributed by atoms with Gasteiger partial charge in [-0.2, -0.15) is 0 Å². The summed E-state index contributed by atoms with van der Waals surface area (Å²) < 4.78 is 13.6. The second-order valence-electron chi connectivity index (χ2n) is 5.30. The Balaban J connectivity index is 1.89. The molecule has 0 radical (unpaired) electrons. The number of halogens is 1. The quantitative estimate of drug-likeness (QED) is 0.788. The van der Waals surface area contributed by atoms with Crippen molar-refractivity contribution in [2.24, 2.45) is 5.92 Å². The van der Waals surface area contributed by atoms with Crippen molar-refractivity contribution in [3.05, 3.63) is 29.6 Å². The number of aliphatic hydroxyl groups excluding tert-OH is 1. The number of carbonyl (C=O) groups is 1. The summed E-state index contributed by atoms with van der Waals surface area (Å²) in [6.07, 6.45) is 5.11. The third-order valence-corrected chi connectivity index (χ3v) is 4.86. The highest BCUT2D eigenvalue weighted by molar-refractivity contribution is 7.99. The molecular weight excluding hydrogens is 279 g/mol. The van der Waals surface area contributed by atoms with Crippen molar-refractivity contribution in [2.75, 3.05) is 5.75 Å². The lowest BCUT2D eigenvalue weighted by molar-refractivity contribution is 0.0696. The first-order valence-electron chi connectivity index (χ1n) is 6.90. The van der Waals surface area contributed by atoms with Gasteiger partial charge in [0.15, 0.2) is 0 Å². The second-order valence-corrected chi connectivity index (χ2v) is 6.36. The fourth-order valence-electron chi connectivity index (χ4n) is 2.63. The van der Waals surface area contributed by atoms with E-state index < -0.39 is 17.9 Å². The van der Waals surface area contributed by atoms with E-state index in [4.69, 9.17) is 5.11 Å². The number of hydrogen-bond donors (Lipinski definition) is 2. The van der Waals surface area contributed by atoms with Crippen LogP contribution in [0.25, 0.3) is 0 Å². The van der Waals surface area contributed by atoms with Crippen molar-refractivity contribution in [3.63, 3.8) is 0 Å². The standard InChI is InChI=1S/C15H19FO3S/c16-13-6-5-11(15(18)19)8-14(13)20-9-12(17)7-10-3-1-2-4-10/h5-6,8,10,12,17H,1-4,7,9H2,(H,18,19). The van der Waals surface area contributed by atoms with Crippen LogP contribution in [0.1, 0.15) is 42.5 Å². The molecule has 110 valence electrons. The molecule has 0 heterocycles. The van der Waals surface area contributed by atoms with Gasteiger partial charge in [0.1, 0.15) is 5.82 Å². The second kappa shape index (κ2) is 7.09. The maximum Gasteiger partial charge on any atom is 0.335 e. The summed E-state index contributed by atoms with van der Waals surface area (Å²) in [5.41, 5.74) is 0.0687. The van der Waals surface area contributed by atoms with Crippen LogP contribution in [0.3, 0.4) is 0 Å². The number of thioether (sulfide) groups is 1. The topological polar surface area (TPSA) is 57.5 Å². The minimum Gasteiger partial charge on any atom is -0.478 e. The number of carboxylic acid groups (broad SMARTS) is 1. The summed E-state index contributed by atoms with van der Waals surface area (Å²) in [6.45, 7) is 0. The Hall–Kier alpha value is -1.07. The third kappa shape index (κ3) is 4.21. The van der Waals surface area contributed by atoms with Crippen molar-refractivity contribution in [3.8, 4) is 0 Å². The third-order valence-electron chi connectivity index (χ3n) is 3.69. The minimum atomic E-state index is -1.07. The van der Waals surface area contributed by atoms with E-state index in [2.05, 4.69) is 0 Å². The zero-order valence-corrected chi connectivity index (χ0v) is 12.0. The molecule has 0 aliphatic heterocycles. The molecule has 2 rings (SSSR count). The van der Waals surface area contributed by atoms with Gasteiger partial charge in [-0.05, 0) is 30.5 Å². The molecule has 1 fully saturated rings. The number of carboxylic acids is 1. The summed E-state index contributed by atoms with van der Waals surface area (Å²) in [5, 5.41) is 18.9. The molecule has 1 atom stereocenters. The van der Waals surface area contributed by atoms with E-state index >= 15 is 0 Å². The summed E-state index contributed by atoms with van der Waals surface area (Å²) in [4.78, 5) is 11.1. The number of hydrogen-bond acceptors (Lipinski definition) is 3. The van der Waals surface area contributed by atoms with Crippen LogP contribution in [0, 0.1) is 11.7 Å². The number of benzene rings is 1. The van der Waals surface area contributed by atoms with Crippen LogP contribution in [-0.2, 0) is 0 Å². The highest BCUT2D eigenvalue weighted by atomic mass is 32.2. The Morgan fingerprint density at radius 3 is 2.75 bits per heavy atom. The molecule has 1 saturated carbocycles. The van der Waals surface area contributed by atoms with Crippen molar-refractivity contribution < 1.29 is 19.4 Å². The van der Waals surface area contributed by atoms with E-state index in [1.54, 1.807) is 0 Å². The normalized spacial score (nSPS) is 17.3. The molecule has 5 heteroatoms. The molecule has 0 saturated heterocycles. The van der Waals surface area contributed by atoms with Gasteiger partial charge in [0, 0.05) is 10.6 Å². The molecule has 0 aromatic heterocycles. The molecule has 20 heavy (non-hydrogen) atoms. The highest BCUT2D eigenvalue weighted by Gasteiger charge is 2.19. The first-order valence-corrected chi connectivity index (χ1v) is 7.88. The maximum absolute atomic E-state index is 13.6. The van der Waals surface area contributed by atoms with Gasteiger partial charge in [-0.3, -0.25) is 0 Å². The Morgan fingerprint density at radius 1 is 1.40 bits per heavy atom. The van der Waals surface area contributed by atoms with Gasteiger partial charge in [-0.1, -0.05) is 25.7 Å². The molecule has 1 aliphatic carbocycles. The van der Waals surface area contributed by atoms with E-state index in [1.807, 2.05) is 0 Å². The van der Waals surface area contributed by atoms with Gasteiger partial charge < -0.3 is 10.2 Å². The number of aromatic carboxylic acids is 1. The van der Waals surface area contributed by atoms with Gasteiger partial charge >= 0.3 is 5.97 Å². The smallest absolute Gasteiger partial charge is 0.335 e. The summed E-state index contributed by atoms with van der Waals surface area (Å²) in [7, 11) is 0. The van der Waals surface area contributed by atoms with Gasteiger partial charge in [0.25, 0.3) is 0 Å². The fourth-order valence-corrected chi connectivity index (χ4v) is 3.56. The predicted molar refractivity (Wildman–Crippen MR) is 76.7 cm³/mol. The van der Waals surface area contributed by atoms with Gasteiger partial charge in [0.2, 0.25) is 0 Å². The molecule has 0 amide bonds. The number of rotatable bonds is 6. The summed E-state index contributed by atoms with van der Waals surface area (Å²) >= 11 is 1.18. The van der Waals surface area contributed by atoms with Gasteiger partial charge in [-0.15, -0.1) is 11.8 Å². The van der Waals surface area contributed by atoms with E-state index in [9.17, 15) is 14.3 Å². The fraction of sp³-hybridized carbons (Fsp3) is 0.533. The summed E-state index contributed by atoms with van der Waals surface area (Å²) in [5.74, 6) is -0.525. The van der Waals surface area contributed by atoms with E-state index in [0.29, 0.717) is 11.7 Å². The zero-order chi connectivity index (χ0) is 14.5. The van der Waals surface area contributed by atoms with E-state index in [0.717, 1.165) is 12.5 Å². The molecule has 1 aromatic carbocycles. The van der Waals surface area contributed by atoms with E-state index in [-0.39, 0.29) is 10.5 Å². The highest BCUT2D eigenvalue weighted by Crippen LogP contribution is 2.30. The molecule has 1 aromatic rings. The van der Waals surface area contributed by atoms with Crippen molar-refractivity contribution in [1.29, 1.82) is 0 Å².